The molecule has 1 amide bonds. The van der Waals surface area contributed by atoms with Gasteiger partial charge in [-0.1, -0.05) is 29.8 Å². The summed E-state index contributed by atoms with van der Waals surface area (Å²) in [6.07, 6.45) is 0.596. The molecule has 3 rings (SSSR count). The summed E-state index contributed by atoms with van der Waals surface area (Å²) in [4.78, 5) is 27.2. The average Bonchev–Trinajstić information content (AvgIpc) is 3.19. The van der Waals surface area contributed by atoms with Crippen LogP contribution in [0.2, 0.25) is 0 Å². The van der Waals surface area contributed by atoms with Gasteiger partial charge in [0.2, 0.25) is 5.78 Å². The van der Waals surface area contributed by atoms with E-state index in [4.69, 9.17) is 9.15 Å². The van der Waals surface area contributed by atoms with E-state index in [1.54, 1.807) is 26.2 Å². The Labute approximate surface area is 158 Å². The lowest BCUT2D eigenvalue weighted by Gasteiger charge is -2.26. The highest BCUT2D eigenvalue weighted by Crippen LogP contribution is 2.39. The van der Waals surface area contributed by atoms with Crippen LogP contribution in [-0.2, 0) is 9.53 Å². The number of hydrogen-bond acceptors (Lipinski definition) is 5. The van der Waals surface area contributed by atoms with Crippen molar-refractivity contribution in [2.24, 2.45) is 0 Å². The predicted molar refractivity (Wildman–Crippen MR) is 99.6 cm³/mol. The molecule has 0 saturated heterocycles. The molecule has 1 aromatic heterocycles. The highest BCUT2D eigenvalue weighted by Gasteiger charge is 2.44. The fraction of sp³-hybridized carbons (Fsp3) is 0.333. The molecule has 1 aliphatic rings. The highest BCUT2D eigenvalue weighted by molar-refractivity contribution is 6.15. The Morgan fingerprint density at radius 3 is 2.48 bits per heavy atom. The third-order valence-corrected chi connectivity index (χ3v) is 4.65. The fourth-order valence-electron chi connectivity index (χ4n) is 3.28. The molecule has 2 aromatic rings. The minimum atomic E-state index is -0.659. The van der Waals surface area contributed by atoms with E-state index in [9.17, 15) is 14.7 Å². The number of rotatable bonds is 7. The first kappa shape index (κ1) is 18.9. The monoisotopic (exact) mass is 369 g/mol. The van der Waals surface area contributed by atoms with Crippen LogP contribution in [0.1, 0.15) is 39.9 Å². The molecule has 27 heavy (non-hydrogen) atoms. The van der Waals surface area contributed by atoms with Crippen molar-refractivity contribution in [2.75, 3.05) is 20.3 Å². The van der Waals surface area contributed by atoms with Gasteiger partial charge in [-0.15, -0.1) is 0 Å². The number of ketones is 1. The van der Waals surface area contributed by atoms with E-state index in [0.29, 0.717) is 25.3 Å². The van der Waals surface area contributed by atoms with Crippen LogP contribution in [0, 0.1) is 13.8 Å². The van der Waals surface area contributed by atoms with Crippen LogP contribution >= 0.6 is 0 Å². The molecule has 1 aromatic carbocycles. The van der Waals surface area contributed by atoms with Gasteiger partial charge in [-0.05, 0) is 38.0 Å². The first-order valence-corrected chi connectivity index (χ1v) is 8.84. The van der Waals surface area contributed by atoms with E-state index in [-0.39, 0.29) is 11.3 Å². The predicted octanol–water partition coefficient (Wildman–Crippen LogP) is 3.51. The number of hydrogen-bond donors (Lipinski definition) is 1. The summed E-state index contributed by atoms with van der Waals surface area (Å²) in [5, 5.41) is 10.5. The standard InChI is InChI=1S/C21H23NO5/c1-13-5-8-15(9-6-13)18-17(19(23)16-10-7-14(2)27-16)20(24)21(25)22(18)11-4-12-26-3/h5-10,18,24H,4,11-12H2,1-3H3. The number of furan rings is 1. The maximum absolute atomic E-state index is 13.0. The van der Waals surface area contributed by atoms with E-state index in [2.05, 4.69) is 0 Å². The largest absolute Gasteiger partial charge is 0.503 e. The zero-order valence-electron chi connectivity index (χ0n) is 15.7. The fourth-order valence-corrected chi connectivity index (χ4v) is 3.28. The van der Waals surface area contributed by atoms with E-state index < -0.39 is 23.5 Å². The molecule has 1 unspecified atom stereocenters. The van der Waals surface area contributed by atoms with Crippen molar-refractivity contribution in [3.05, 3.63) is 70.4 Å². The summed E-state index contributed by atoms with van der Waals surface area (Å²) in [7, 11) is 1.59. The van der Waals surface area contributed by atoms with Crippen LogP contribution in [0.25, 0.3) is 0 Å². The number of carbonyl (C=O) groups is 2. The molecular weight excluding hydrogens is 346 g/mol. The molecule has 6 nitrogen and oxygen atoms in total. The maximum Gasteiger partial charge on any atom is 0.290 e. The Morgan fingerprint density at radius 1 is 1.19 bits per heavy atom. The van der Waals surface area contributed by atoms with Crippen LogP contribution in [0.15, 0.2) is 52.1 Å². The molecule has 0 radical (unpaired) electrons. The van der Waals surface area contributed by atoms with Gasteiger partial charge < -0.3 is 19.2 Å². The molecule has 142 valence electrons. The zero-order chi connectivity index (χ0) is 19.6. The van der Waals surface area contributed by atoms with Crippen LogP contribution < -0.4 is 0 Å². The number of carbonyl (C=O) groups excluding carboxylic acids is 2. The first-order chi connectivity index (χ1) is 12.9. The Hall–Kier alpha value is -2.86. The highest BCUT2D eigenvalue weighted by atomic mass is 16.5. The number of aliphatic hydroxyl groups excluding tert-OH is 1. The lowest BCUT2D eigenvalue weighted by molar-refractivity contribution is -0.129. The minimum Gasteiger partial charge on any atom is -0.503 e. The van der Waals surface area contributed by atoms with Gasteiger partial charge in [-0.25, -0.2) is 0 Å². The van der Waals surface area contributed by atoms with E-state index >= 15 is 0 Å². The van der Waals surface area contributed by atoms with Crippen molar-refractivity contribution in [1.29, 1.82) is 0 Å². The molecule has 1 aliphatic heterocycles. The number of nitrogens with zero attached hydrogens (tertiary/aromatic N) is 1. The Morgan fingerprint density at radius 2 is 1.89 bits per heavy atom. The molecule has 1 N–H and O–H groups in total. The number of Topliss-reactive ketones (excluding diaryl/α,β-unsaturated/α-hetero) is 1. The second-order valence-electron chi connectivity index (χ2n) is 6.66. The molecule has 0 saturated carbocycles. The molecule has 0 bridgehead atoms. The minimum absolute atomic E-state index is 0.0515. The van der Waals surface area contributed by atoms with Gasteiger partial charge in [0.05, 0.1) is 11.6 Å². The summed E-state index contributed by atoms with van der Waals surface area (Å²) in [6, 6.07) is 10.2. The van der Waals surface area contributed by atoms with Crippen molar-refractivity contribution in [3.63, 3.8) is 0 Å². The summed E-state index contributed by atoms with van der Waals surface area (Å²) in [5.74, 6) is -0.849. The lowest BCUT2D eigenvalue weighted by atomic mass is 9.94. The van der Waals surface area contributed by atoms with Crippen LogP contribution in [0.3, 0.4) is 0 Å². The van der Waals surface area contributed by atoms with Crippen LogP contribution in [0.5, 0.6) is 0 Å². The summed E-state index contributed by atoms with van der Waals surface area (Å²) >= 11 is 0. The van der Waals surface area contributed by atoms with E-state index in [1.807, 2.05) is 31.2 Å². The topological polar surface area (TPSA) is 80.0 Å². The second-order valence-corrected chi connectivity index (χ2v) is 6.66. The van der Waals surface area contributed by atoms with Gasteiger partial charge in [0.15, 0.2) is 11.5 Å². The van der Waals surface area contributed by atoms with Gasteiger partial charge in [-0.3, -0.25) is 9.59 Å². The quantitative estimate of drug-likeness (QED) is 0.597. The van der Waals surface area contributed by atoms with Crippen LogP contribution in [-0.4, -0.2) is 42.0 Å². The van der Waals surface area contributed by atoms with Crippen molar-refractivity contribution < 1.29 is 23.8 Å². The van der Waals surface area contributed by atoms with Crippen molar-refractivity contribution >= 4 is 11.7 Å². The van der Waals surface area contributed by atoms with Crippen molar-refractivity contribution in [1.82, 2.24) is 4.90 Å². The number of aliphatic hydroxyl groups is 1. The first-order valence-electron chi connectivity index (χ1n) is 8.84. The van der Waals surface area contributed by atoms with Crippen molar-refractivity contribution in [2.45, 2.75) is 26.3 Å². The van der Waals surface area contributed by atoms with E-state index in [1.165, 1.54) is 4.90 Å². The maximum atomic E-state index is 13.0. The molecular formula is C21H23NO5. The summed E-state index contributed by atoms with van der Waals surface area (Å²) in [5.41, 5.74) is 1.88. The SMILES string of the molecule is COCCCN1C(=O)C(O)=C(C(=O)c2ccc(C)o2)C1c1ccc(C)cc1. The molecule has 2 heterocycles. The van der Waals surface area contributed by atoms with Crippen LogP contribution in [0.4, 0.5) is 0 Å². The van der Waals surface area contributed by atoms with Crippen molar-refractivity contribution in [3.8, 4) is 0 Å². The normalized spacial score (nSPS) is 17.1. The van der Waals surface area contributed by atoms with Gasteiger partial charge in [-0.2, -0.15) is 0 Å². The summed E-state index contributed by atoms with van der Waals surface area (Å²) < 4.78 is 10.5. The molecule has 0 fully saturated rings. The number of benzene rings is 1. The third-order valence-electron chi connectivity index (χ3n) is 4.65. The Bertz CT molecular complexity index is 878. The van der Waals surface area contributed by atoms with E-state index in [0.717, 1.165) is 11.1 Å². The van der Waals surface area contributed by atoms with Gasteiger partial charge in [0.1, 0.15) is 5.76 Å². The van der Waals surface area contributed by atoms with Gasteiger partial charge in [0.25, 0.3) is 5.91 Å². The molecule has 0 aliphatic carbocycles. The Kier molecular flexibility index (Phi) is 5.46. The second kappa shape index (κ2) is 7.80. The Balaban J connectivity index is 2.03. The number of ether oxygens (including phenoxy) is 1. The zero-order valence-corrected chi connectivity index (χ0v) is 15.7. The molecule has 6 heteroatoms. The van der Waals surface area contributed by atoms with Gasteiger partial charge in [0, 0.05) is 20.3 Å². The number of aryl methyl sites for hydroxylation is 2. The smallest absolute Gasteiger partial charge is 0.290 e. The molecule has 1 atom stereocenters. The number of methoxy groups -OCH3 is 1. The third kappa shape index (κ3) is 3.66. The lowest BCUT2D eigenvalue weighted by Crippen LogP contribution is -2.32. The number of amides is 1. The molecule has 0 spiro atoms. The summed E-state index contributed by atoms with van der Waals surface area (Å²) in [6.45, 7) is 4.54. The van der Waals surface area contributed by atoms with Gasteiger partial charge >= 0.3 is 0 Å². The average molecular weight is 369 g/mol.